The van der Waals surface area contributed by atoms with E-state index >= 15 is 0 Å². The number of aryl methyl sites for hydroxylation is 2. The molecule has 0 radical (unpaired) electrons. The Labute approximate surface area is 576 Å². The molecule has 2 aromatic carbocycles. The summed E-state index contributed by atoms with van der Waals surface area (Å²) in [4.78, 5) is 151. The Morgan fingerprint density at radius 2 is 1.37 bits per heavy atom. The summed E-state index contributed by atoms with van der Waals surface area (Å²) in [5.74, 6) is -8.91. The molecule has 4 aliphatic heterocycles. The van der Waals surface area contributed by atoms with Crippen LogP contribution in [0.5, 0.6) is 5.75 Å². The summed E-state index contributed by atoms with van der Waals surface area (Å²) in [6.07, 6.45) is 7.19. The first-order valence-corrected chi connectivity index (χ1v) is 34.8. The minimum absolute atomic E-state index is 0.0622. The number of imide groups is 1. The van der Waals surface area contributed by atoms with E-state index in [0.29, 0.717) is 94.9 Å². The molecule has 98 heavy (non-hydrogen) atoms. The highest BCUT2D eigenvalue weighted by Gasteiger charge is 2.46. The molecule has 0 saturated carbocycles. The van der Waals surface area contributed by atoms with Crippen LogP contribution in [-0.4, -0.2) is 307 Å². The Bertz CT molecular complexity index is 3090. The molecule has 7 amide bonds. The third-order valence-corrected chi connectivity index (χ3v) is 19.1. The lowest BCUT2D eigenvalue weighted by Crippen LogP contribution is -2.51. The van der Waals surface area contributed by atoms with Crippen LogP contribution in [0, 0.1) is 12.8 Å². The quantitative estimate of drug-likeness (QED) is 0.0247. The molecule has 30 heteroatoms. The first-order chi connectivity index (χ1) is 46.8. The Hall–Kier alpha value is -7.77. The van der Waals surface area contributed by atoms with Crippen molar-refractivity contribution in [3.63, 3.8) is 0 Å². The molecular formula is C68H99F2N13O14S. The molecule has 0 aliphatic carbocycles. The van der Waals surface area contributed by atoms with E-state index < -0.39 is 90.2 Å². The van der Waals surface area contributed by atoms with Gasteiger partial charge in [-0.05, 0) is 95.8 Å². The molecule has 4 atom stereocenters. The van der Waals surface area contributed by atoms with Crippen molar-refractivity contribution < 1.29 is 76.8 Å². The van der Waals surface area contributed by atoms with Gasteiger partial charge in [0, 0.05) is 147 Å². The lowest BCUT2D eigenvalue weighted by molar-refractivity contribution is -0.143. The van der Waals surface area contributed by atoms with E-state index in [9.17, 15) is 72.0 Å². The molecule has 0 bridgehead atoms. The summed E-state index contributed by atoms with van der Waals surface area (Å²) in [7, 11) is 1.44. The Balaban J connectivity index is 0.969. The van der Waals surface area contributed by atoms with Gasteiger partial charge in [0.25, 0.3) is 11.8 Å². The predicted octanol–water partition coefficient (Wildman–Crippen LogP) is 2.85. The fourth-order valence-corrected chi connectivity index (χ4v) is 13.6. The zero-order valence-electron chi connectivity index (χ0n) is 57.0. The number of thioether (sulfide) groups is 1. The summed E-state index contributed by atoms with van der Waals surface area (Å²) in [6.45, 7) is 12.0. The van der Waals surface area contributed by atoms with Crippen LogP contribution in [0.2, 0.25) is 0 Å². The third-order valence-electron chi connectivity index (χ3n) is 17.7. The summed E-state index contributed by atoms with van der Waals surface area (Å²) in [5.41, 5.74) is 3.32. The third kappa shape index (κ3) is 26.8. The van der Waals surface area contributed by atoms with Crippen LogP contribution < -0.4 is 20.7 Å². The molecule has 540 valence electrons. The number of nitrogens with one attached hydrogen (secondary N) is 3. The first-order valence-electron chi connectivity index (χ1n) is 33.7. The minimum Gasteiger partial charge on any atom is -0.494 e. The van der Waals surface area contributed by atoms with Gasteiger partial charge in [0.15, 0.2) is 0 Å². The van der Waals surface area contributed by atoms with E-state index in [1.54, 1.807) is 57.7 Å². The number of carboxylic acid groups (broad SMARTS) is 3. The lowest BCUT2D eigenvalue weighted by Gasteiger charge is -2.36. The highest BCUT2D eigenvalue weighted by Crippen LogP contribution is 2.33. The molecular weight excluding hydrogens is 1290 g/mol. The second kappa shape index (κ2) is 40.3. The smallest absolute Gasteiger partial charge is 0.317 e. The number of carbonyl (C=O) groups is 10. The fraction of sp³-hybridized carbons (Fsp3) is 0.618. The van der Waals surface area contributed by atoms with E-state index in [1.807, 2.05) is 24.0 Å². The van der Waals surface area contributed by atoms with Crippen molar-refractivity contribution in [2.75, 3.05) is 157 Å². The number of hydrogen-bond acceptors (Lipinski definition) is 19. The molecule has 4 aliphatic rings. The standard InChI is InChI=1S/C68H99F2N13O14S/c1-6-54(65(94)74-40-61(87)83-47-68(69,70)38-52(83)39-71-4)55-36-53(19-20-56(55)72-5)97-35-10-9-22-76-31-33-81(34-32-76)66(95)49(3)41-82-60(86)37-57(67(82)96)98-46-51(13-7-8-21-73-58(84)14-11-12-50-17-15-48(2)16-18-50)75-59(85)42-77-23-25-78(43-62(88)89)27-29-80(45-64(92)93)30-28-79(26-24-77)44-63(90)91/h6,15-20,36,39,49,51-52,57H,5,7-14,21-35,37-38,40-47H2,1-4H3,(H,73,84)(H,74,94)(H,75,85)(H,88,89)(H,90,91)(H,92,93)/b54-6+,71-39+/t49-,51+,52-,57?/m1/s1. The van der Waals surface area contributed by atoms with Crippen molar-refractivity contribution in [3.8, 4) is 5.75 Å². The number of halogens is 2. The van der Waals surface area contributed by atoms with E-state index in [-0.39, 0.29) is 121 Å². The van der Waals surface area contributed by atoms with E-state index in [0.717, 1.165) is 40.3 Å². The number of amides is 7. The van der Waals surface area contributed by atoms with Gasteiger partial charge >= 0.3 is 17.9 Å². The summed E-state index contributed by atoms with van der Waals surface area (Å²) in [6, 6.07) is 11.9. The lowest BCUT2D eigenvalue weighted by atomic mass is 10.0. The summed E-state index contributed by atoms with van der Waals surface area (Å²) >= 11 is 1.25. The second-order valence-electron chi connectivity index (χ2n) is 25.5. The maximum absolute atomic E-state index is 14.2. The monoisotopic (exact) mass is 1390 g/mol. The number of piperazine rings is 1. The van der Waals surface area contributed by atoms with Crippen LogP contribution in [0.1, 0.15) is 88.3 Å². The van der Waals surface area contributed by atoms with E-state index in [4.69, 9.17) is 4.74 Å². The van der Waals surface area contributed by atoms with Gasteiger partial charge in [0.1, 0.15) is 5.75 Å². The Morgan fingerprint density at radius 1 is 0.765 bits per heavy atom. The van der Waals surface area contributed by atoms with Crippen molar-refractivity contribution in [2.24, 2.45) is 15.9 Å². The van der Waals surface area contributed by atoms with Crippen molar-refractivity contribution in [1.29, 1.82) is 0 Å². The molecule has 4 heterocycles. The van der Waals surface area contributed by atoms with Crippen molar-refractivity contribution in [2.45, 2.75) is 108 Å². The average Bonchev–Trinajstić information content (AvgIpc) is 1.59. The second-order valence-corrected chi connectivity index (χ2v) is 26.7. The zero-order chi connectivity index (χ0) is 71.3. The van der Waals surface area contributed by atoms with Crippen LogP contribution in [0.3, 0.4) is 0 Å². The molecule has 1 unspecified atom stereocenters. The number of alkyl halides is 2. The average molecular weight is 1390 g/mol. The van der Waals surface area contributed by atoms with Crippen molar-refractivity contribution >= 4 is 95.2 Å². The molecule has 0 aromatic heterocycles. The maximum Gasteiger partial charge on any atom is 0.317 e. The van der Waals surface area contributed by atoms with Crippen LogP contribution in [0.15, 0.2) is 58.5 Å². The Kier molecular flexibility index (Phi) is 32.6. The summed E-state index contributed by atoms with van der Waals surface area (Å²) < 4.78 is 34.5. The largest absolute Gasteiger partial charge is 0.494 e. The van der Waals surface area contributed by atoms with Gasteiger partial charge in [-0.1, -0.05) is 42.8 Å². The number of benzene rings is 2. The molecule has 2 aromatic rings. The highest BCUT2D eigenvalue weighted by atomic mass is 32.2. The molecule has 4 fully saturated rings. The first kappa shape index (κ1) is 79.2. The number of likely N-dealkylation sites (tertiary alicyclic amines) is 2. The van der Waals surface area contributed by atoms with Crippen LogP contribution in [-0.2, 0) is 54.4 Å². The SMILES string of the molecule is C=Nc1ccc(OCCCCN2CCN(C(=O)[C@H](C)CN3C(=O)CC(SC[C@H](CCCCNC(=O)CCCc4ccc(C)cc4)NC(=O)CN4CCN(CC(=O)O)CCN(CC(=O)O)CCN(CC(=O)O)CC4)C3=O)CC2)cc1/C(=C\C)C(=O)NCC(=O)N1CC(F)(F)C[C@@H]1/C=N/C. The van der Waals surface area contributed by atoms with Gasteiger partial charge in [0.2, 0.25) is 35.4 Å². The topological polar surface area (TPSA) is 327 Å². The number of carbonyl (C=O) groups excluding carboxylic acids is 7. The van der Waals surface area contributed by atoms with Crippen LogP contribution in [0.4, 0.5) is 14.5 Å². The number of allylic oxidation sites excluding steroid dienone is 1. The predicted molar refractivity (Wildman–Crippen MR) is 368 cm³/mol. The molecule has 0 spiro atoms. The molecule has 6 N–H and O–H groups in total. The molecule has 27 nitrogen and oxygen atoms in total. The van der Waals surface area contributed by atoms with Gasteiger partial charge in [-0.15, -0.1) is 11.8 Å². The molecule has 6 rings (SSSR count). The van der Waals surface area contributed by atoms with Gasteiger partial charge in [-0.3, -0.25) is 87.3 Å². The normalized spacial score (nSPS) is 19.6. The van der Waals surface area contributed by atoms with Gasteiger partial charge in [0.05, 0.1) is 68.8 Å². The van der Waals surface area contributed by atoms with Crippen molar-refractivity contribution in [3.05, 3.63) is 65.2 Å². The summed E-state index contributed by atoms with van der Waals surface area (Å²) in [5, 5.41) is 36.9. The van der Waals surface area contributed by atoms with Crippen molar-refractivity contribution in [1.82, 2.24) is 55.1 Å². The van der Waals surface area contributed by atoms with Gasteiger partial charge in [-0.25, -0.2) is 8.78 Å². The number of unbranched alkanes of at least 4 members (excludes halogenated alkanes) is 2. The maximum atomic E-state index is 14.2. The van der Waals surface area contributed by atoms with Crippen LogP contribution in [0.25, 0.3) is 5.57 Å². The number of aliphatic imine (C=N–C) groups is 2. The number of ether oxygens (including phenoxy) is 1. The highest BCUT2D eigenvalue weighted by molar-refractivity contribution is 8.00. The fourth-order valence-electron chi connectivity index (χ4n) is 12.3. The van der Waals surface area contributed by atoms with Crippen LogP contribution >= 0.6 is 11.8 Å². The number of nitrogens with zero attached hydrogens (tertiary/aromatic N) is 10. The Morgan fingerprint density at radius 3 is 1.95 bits per heavy atom. The number of carboxylic acids is 3. The number of aliphatic carboxylic acids is 3. The minimum atomic E-state index is -3.07. The molecule has 4 saturated heterocycles. The van der Waals surface area contributed by atoms with E-state index in [2.05, 4.69) is 49.7 Å². The van der Waals surface area contributed by atoms with Gasteiger partial charge < -0.3 is 45.8 Å². The van der Waals surface area contributed by atoms with E-state index in [1.165, 1.54) is 25.0 Å². The van der Waals surface area contributed by atoms with Gasteiger partial charge in [-0.2, -0.15) is 0 Å². The number of hydrogen-bond donors (Lipinski definition) is 6. The number of rotatable bonds is 36. The zero-order valence-corrected chi connectivity index (χ0v) is 57.8.